The number of rotatable bonds is 7. The van der Waals surface area contributed by atoms with E-state index in [1.807, 2.05) is 20.0 Å². The minimum atomic E-state index is -0.0996. The van der Waals surface area contributed by atoms with Crippen LogP contribution >= 0.6 is 0 Å². The van der Waals surface area contributed by atoms with Crippen molar-refractivity contribution in [1.82, 2.24) is 4.98 Å². The standard InChI is InChI=1S/C22H28N2O2/c1-5-16-8-7-9-17(10-16)18-11-19(24-22(6-2)13-26-14-22)20(23-12-18)21(25)15(3)4/h7-12,15,24H,5-6,13-14H2,1-4H3. The van der Waals surface area contributed by atoms with E-state index in [1.54, 1.807) is 0 Å². The third-order valence-corrected chi connectivity index (χ3v) is 5.15. The number of hydrogen-bond acceptors (Lipinski definition) is 4. The molecule has 2 aromatic rings. The monoisotopic (exact) mass is 352 g/mol. The fourth-order valence-electron chi connectivity index (χ4n) is 3.16. The molecule has 1 aromatic carbocycles. The maximum Gasteiger partial charge on any atom is 0.185 e. The summed E-state index contributed by atoms with van der Waals surface area (Å²) in [5, 5.41) is 3.58. The molecule has 1 saturated heterocycles. The molecule has 138 valence electrons. The Kier molecular flexibility index (Phi) is 5.42. The van der Waals surface area contributed by atoms with Crippen LogP contribution in [0.25, 0.3) is 11.1 Å². The lowest BCUT2D eigenvalue weighted by molar-refractivity contribution is -0.0430. The smallest absolute Gasteiger partial charge is 0.185 e. The Balaban J connectivity index is 2.03. The highest BCUT2D eigenvalue weighted by molar-refractivity contribution is 6.01. The number of Topliss-reactive ketones (excluding diaryl/α,β-unsaturated/α-hetero) is 1. The lowest BCUT2D eigenvalue weighted by Crippen LogP contribution is -2.55. The number of carbonyl (C=O) groups is 1. The molecule has 1 N–H and O–H groups in total. The van der Waals surface area contributed by atoms with Gasteiger partial charge in [-0.05, 0) is 30.0 Å². The highest BCUT2D eigenvalue weighted by Gasteiger charge is 2.37. The van der Waals surface area contributed by atoms with Gasteiger partial charge in [-0.3, -0.25) is 9.78 Å². The molecular weight excluding hydrogens is 324 g/mol. The molecule has 1 aromatic heterocycles. The van der Waals surface area contributed by atoms with Crippen molar-refractivity contribution in [2.45, 2.75) is 46.1 Å². The predicted molar refractivity (Wildman–Crippen MR) is 106 cm³/mol. The number of pyridine rings is 1. The zero-order chi connectivity index (χ0) is 18.7. The molecular formula is C22H28N2O2. The molecule has 4 heteroatoms. The van der Waals surface area contributed by atoms with Crippen molar-refractivity contribution in [1.29, 1.82) is 0 Å². The molecule has 2 heterocycles. The second-order valence-corrected chi connectivity index (χ2v) is 7.44. The Labute approximate surface area is 156 Å². The molecule has 0 spiro atoms. The summed E-state index contributed by atoms with van der Waals surface area (Å²) in [5.41, 5.74) is 4.67. The average Bonchev–Trinajstić information content (AvgIpc) is 2.64. The van der Waals surface area contributed by atoms with Crippen LogP contribution in [-0.2, 0) is 11.2 Å². The Morgan fingerprint density at radius 3 is 2.58 bits per heavy atom. The van der Waals surface area contributed by atoms with Crippen LogP contribution in [-0.4, -0.2) is 29.5 Å². The SMILES string of the molecule is CCc1cccc(-c2cnc(C(=O)C(C)C)c(NC3(CC)COC3)c2)c1. The minimum absolute atomic E-state index is 0.0628. The predicted octanol–water partition coefficient (Wildman–Crippen LogP) is 4.74. The Morgan fingerprint density at radius 2 is 2.00 bits per heavy atom. The van der Waals surface area contributed by atoms with Crippen LogP contribution in [0.2, 0.25) is 0 Å². The van der Waals surface area contributed by atoms with Gasteiger partial charge in [0.15, 0.2) is 5.78 Å². The number of nitrogens with zero attached hydrogens (tertiary/aromatic N) is 1. The number of aryl methyl sites for hydroxylation is 1. The van der Waals surface area contributed by atoms with Crippen molar-refractivity contribution >= 4 is 11.5 Å². The zero-order valence-electron chi connectivity index (χ0n) is 16.1. The van der Waals surface area contributed by atoms with E-state index in [9.17, 15) is 4.79 Å². The van der Waals surface area contributed by atoms with Gasteiger partial charge in [0.1, 0.15) is 5.69 Å². The van der Waals surface area contributed by atoms with Gasteiger partial charge in [0, 0.05) is 17.7 Å². The second-order valence-electron chi connectivity index (χ2n) is 7.44. The molecule has 0 saturated carbocycles. The van der Waals surface area contributed by atoms with Crippen molar-refractivity contribution in [3.05, 3.63) is 47.8 Å². The van der Waals surface area contributed by atoms with Crippen molar-refractivity contribution in [2.24, 2.45) is 5.92 Å². The minimum Gasteiger partial charge on any atom is -0.376 e. The van der Waals surface area contributed by atoms with Crippen molar-refractivity contribution in [2.75, 3.05) is 18.5 Å². The largest absolute Gasteiger partial charge is 0.376 e. The van der Waals surface area contributed by atoms with E-state index in [0.29, 0.717) is 18.9 Å². The number of nitrogens with one attached hydrogen (secondary N) is 1. The molecule has 0 aliphatic carbocycles. The number of ether oxygens (including phenoxy) is 1. The van der Waals surface area contributed by atoms with E-state index < -0.39 is 0 Å². The summed E-state index contributed by atoms with van der Waals surface area (Å²) in [6.45, 7) is 9.43. The van der Waals surface area contributed by atoms with Crippen LogP contribution in [0.15, 0.2) is 36.5 Å². The molecule has 3 rings (SSSR count). The first kappa shape index (κ1) is 18.6. The normalized spacial score (nSPS) is 15.6. The highest BCUT2D eigenvalue weighted by Crippen LogP contribution is 2.32. The lowest BCUT2D eigenvalue weighted by Gasteiger charge is -2.42. The number of ketones is 1. The molecule has 0 amide bonds. The van der Waals surface area contributed by atoms with E-state index in [1.165, 1.54) is 5.56 Å². The van der Waals surface area contributed by atoms with Gasteiger partial charge in [0.05, 0.1) is 24.4 Å². The van der Waals surface area contributed by atoms with Gasteiger partial charge in [-0.1, -0.05) is 52.0 Å². The number of benzene rings is 1. The quantitative estimate of drug-likeness (QED) is 0.731. The van der Waals surface area contributed by atoms with Gasteiger partial charge < -0.3 is 10.1 Å². The Hall–Kier alpha value is -2.20. The fraction of sp³-hybridized carbons (Fsp3) is 0.455. The highest BCUT2D eigenvalue weighted by atomic mass is 16.5. The summed E-state index contributed by atoms with van der Waals surface area (Å²) in [7, 11) is 0. The molecule has 0 atom stereocenters. The maximum absolute atomic E-state index is 12.7. The summed E-state index contributed by atoms with van der Waals surface area (Å²) >= 11 is 0. The summed E-state index contributed by atoms with van der Waals surface area (Å²) in [5.74, 6) is -0.0274. The van der Waals surface area contributed by atoms with Gasteiger partial charge in [-0.2, -0.15) is 0 Å². The summed E-state index contributed by atoms with van der Waals surface area (Å²) in [6, 6.07) is 10.5. The van der Waals surface area contributed by atoms with Gasteiger partial charge >= 0.3 is 0 Å². The van der Waals surface area contributed by atoms with Crippen LogP contribution in [0, 0.1) is 5.92 Å². The third kappa shape index (κ3) is 3.65. The first-order valence-corrected chi connectivity index (χ1v) is 9.47. The topological polar surface area (TPSA) is 51.2 Å². The molecule has 26 heavy (non-hydrogen) atoms. The van der Waals surface area contributed by atoms with Crippen LogP contribution in [0.5, 0.6) is 0 Å². The molecule has 1 aliphatic rings. The Bertz CT molecular complexity index is 789. The zero-order valence-corrected chi connectivity index (χ0v) is 16.1. The molecule has 0 bridgehead atoms. The fourth-order valence-corrected chi connectivity index (χ4v) is 3.16. The molecule has 0 unspecified atom stereocenters. The first-order chi connectivity index (χ1) is 12.5. The molecule has 4 nitrogen and oxygen atoms in total. The Morgan fingerprint density at radius 1 is 1.23 bits per heavy atom. The second kappa shape index (κ2) is 7.58. The van der Waals surface area contributed by atoms with Crippen LogP contribution in [0.3, 0.4) is 0 Å². The third-order valence-electron chi connectivity index (χ3n) is 5.15. The van der Waals surface area contributed by atoms with Crippen LogP contribution < -0.4 is 5.32 Å². The lowest BCUT2D eigenvalue weighted by atomic mass is 9.92. The van der Waals surface area contributed by atoms with E-state index in [-0.39, 0.29) is 17.2 Å². The number of hydrogen-bond donors (Lipinski definition) is 1. The summed E-state index contributed by atoms with van der Waals surface area (Å²) < 4.78 is 5.43. The maximum atomic E-state index is 12.7. The van der Waals surface area contributed by atoms with Crippen molar-refractivity contribution in [3.63, 3.8) is 0 Å². The number of carbonyl (C=O) groups excluding carboxylic acids is 1. The summed E-state index contributed by atoms with van der Waals surface area (Å²) in [6.07, 6.45) is 3.75. The van der Waals surface area contributed by atoms with Gasteiger partial charge in [0.25, 0.3) is 0 Å². The number of anilines is 1. The van der Waals surface area contributed by atoms with Crippen LogP contribution in [0.4, 0.5) is 5.69 Å². The summed E-state index contributed by atoms with van der Waals surface area (Å²) in [4.78, 5) is 17.2. The van der Waals surface area contributed by atoms with E-state index in [0.717, 1.165) is 29.7 Å². The van der Waals surface area contributed by atoms with Gasteiger partial charge in [0.2, 0.25) is 0 Å². The van der Waals surface area contributed by atoms with E-state index in [4.69, 9.17) is 4.74 Å². The van der Waals surface area contributed by atoms with Crippen molar-refractivity contribution < 1.29 is 9.53 Å². The molecule has 0 radical (unpaired) electrons. The van der Waals surface area contributed by atoms with E-state index >= 15 is 0 Å². The number of aromatic nitrogens is 1. The van der Waals surface area contributed by atoms with E-state index in [2.05, 4.69) is 54.5 Å². The van der Waals surface area contributed by atoms with Gasteiger partial charge in [-0.15, -0.1) is 0 Å². The van der Waals surface area contributed by atoms with Crippen LogP contribution in [0.1, 0.15) is 50.2 Å². The van der Waals surface area contributed by atoms with Gasteiger partial charge in [-0.25, -0.2) is 0 Å². The molecule has 1 fully saturated rings. The molecule has 1 aliphatic heterocycles. The average molecular weight is 352 g/mol. The van der Waals surface area contributed by atoms with Crippen molar-refractivity contribution in [3.8, 4) is 11.1 Å². The first-order valence-electron chi connectivity index (χ1n) is 9.47.